The van der Waals surface area contributed by atoms with Crippen LogP contribution >= 0.6 is 11.8 Å². The van der Waals surface area contributed by atoms with Crippen molar-refractivity contribution >= 4 is 23.4 Å². The van der Waals surface area contributed by atoms with Gasteiger partial charge in [0.05, 0.1) is 11.4 Å². The topological polar surface area (TPSA) is 83.8 Å². The number of ether oxygens (including phenoxy) is 4. The maximum Gasteiger partial charge on any atom is 0.234 e. The van der Waals surface area contributed by atoms with E-state index < -0.39 is 0 Å². The summed E-state index contributed by atoms with van der Waals surface area (Å²) in [5.41, 5.74) is 4.48. The number of hydrogen-bond acceptors (Lipinski definition) is 7. The number of nitrogens with zero attached hydrogens (tertiary/aromatic N) is 2. The van der Waals surface area contributed by atoms with Crippen molar-refractivity contribution < 1.29 is 23.7 Å². The molecule has 1 aromatic heterocycles. The summed E-state index contributed by atoms with van der Waals surface area (Å²) in [6.45, 7) is 2.46. The number of benzene rings is 3. The van der Waals surface area contributed by atoms with Gasteiger partial charge in [-0.05, 0) is 49.4 Å². The summed E-state index contributed by atoms with van der Waals surface area (Å²) in [6, 6.07) is 19.3. The Morgan fingerprint density at radius 3 is 2.37 bits per heavy atom. The molecule has 176 valence electrons. The molecule has 0 aliphatic carbocycles. The minimum Gasteiger partial charge on any atom is -0.454 e. The Balaban J connectivity index is 1.24. The molecule has 0 bridgehead atoms. The fourth-order valence-electron chi connectivity index (χ4n) is 3.85. The molecule has 0 spiro atoms. The van der Waals surface area contributed by atoms with Crippen LogP contribution in [-0.4, -0.2) is 34.8 Å². The van der Waals surface area contributed by atoms with E-state index in [1.807, 2.05) is 48.0 Å². The van der Waals surface area contributed by atoms with Gasteiger partial charge in [-0.15, -0.1) is 0 Å². The van der Waals surface area contributed by atoms with Gasteiger partial charge in [0.2, 0.25) is 19.5 Å². The lowest BCUT2D eigenvalue weighted by atomic mass is 10.1. The van der Waals surface area contributed by atoms with Gasteiger partial charge in [0.25, 0.3) is 0 Å². The molecule has 0 saturated carbocycles. The van der Waals surface area contributed by atoms with E-state index in [0.717, 1.165) is 22.7 Å². The van der Waals surface area contributed by atoms with Gasteiger partial charge in [-0.1, -0.05) is 29.5 Å². The summed E-state index contributed by atoms with van der Waals surface area (Å²) >= 11 is 1.37. The highest BCUT2D eigenvalue weighted by Gasteiger charge is 2.19. The second kappa shape index (κ2) is 8.92. The predicted octanol–water partition coefficient (Wildman–Crippen LogP) is 5.04. The normalized spacial score (nSPS) is 13.2. The average molecular weight is 488 g/mol. The second-order valence-corrected chi connectivity index (χ2v) is 9.03. The summed E-state index contributed by atoms with van der Waals surface area (Å²) < 4.78 is 23.7. The number of carbonyl (C=O) groups excluding carboxylic acids is 1. The van der Waals surface area contributed by atoms with Crippen LogP contribution in [0.1, 0.15) is 5.56 Å². The Morgan fingerprint density at radius 1 is 0.914 bits per heavy atom. The number of aromatic nitrogens is 2. The van der Waals surface area contributed by atoms with Crippen LogP contribution < -0.4 is 24.3 Å². The number of amides is 1. The van der Waals surface area contributed by atoms with Crippen LogP contribution in [0.3, 0.4) is 0 Å². The molecule has 3 heterocycles. The predicted molar refractivity (Wildman–Crippen MR) is 132 cm³/mol. The van der Waals surface area contributed by atoms with Crippen molar-refractivity contribution in [3.05, 3.63) is 72.4 Å². The summed E-state index contributed by atoms with van der Waals surface area (Å²) in [7, 11) is 0. The zero-order valence-corrected chi connectivity index (χ0v) is 19.6. The third-order valence-corrected chi connectivity index (χ3v) is 6.60. The molecule has 0 radical (unpaired) electrons. The van der Waals surface area contributed by atoms with Crippen molar-refractivity contribution in [1.29, 1.82) is 0 Å². The van der Waals surface area contributed by atoms with Gasteiger partial charge in [-0.3, -0.25) is 9.36 Å². The van der Waals surface area contributed by atoms with Crippen LogP contribution in [0, 0.1) is 6.92 Å². The average Bonchev–Trinajstić information content (AvgIpc) is 3.61. The number of anilines is 1. The van der Waals surface area contributed by atoms with Crippen LogP contribution in [0.15, 0.2) is 72.0 Å². The summed E-state index contributed by atoms with van der Waals surface area (Å²) in [6.07, 6.45) is 1.97. The zero-order valence-electron chi connectivity index (χ0n) is 18.8. The Labute approximate surface area is 205 Å². The molecule has 6 rings (SSSR count). The first-order valence-corrected chi connectivity index (χ1v) is 12.0. The lowest BCUT2D eigenvalue weighted by Gasteiger charge is -2.08. The van der Waals surface area contributed by atoms with E-state index in [4.69, 9.17) is 23.9 Å². The van der Waals surface area contributed by atoms with Crippen molar-refractivity contribution in [2.24, 2.45) is 0 Å². The Bertz CT molecular complexity index is 1420. The van der Waals surface area contributed by atoms with E-state index in [1.54, 1.807) is 18.2 Å². The number of nitrogens with one attached hydrogen (secondary N) is 1. The first kappa shape index (κ1) is 21.4. The van der Waals surface area contributed by atoms with Crippen molar-refractivity contribution in [3.63, 3.8) is 0 Å². The minimum absolute atomic E-state index is 0.142. The van der Waals surface area contributed by atoms with E-state index in [0.29, 0.717) is 28.1 Å². The van der Waals surface area contributed by atoms with Gasteiger partial charge in [0.15, 0.2) is 28.2 Å². The second-order valence-electron chi connectivity index (χ2n) is 8.09. The van der Waals surface area contributed by atoms with Crippen LogP contribution in [0.5, 0.6) is 23.0 Å². The summed E-state index contributed by atoms with van der Waals surface area (Å²) in [4.78, 5) is 17.6. The molecule has 0 atom stereocenters. The first-order chi connectivity index (χ1) is 17.1. The van der Waals surface area contributed by atoms with E-state index in [2.05, 4.69) is 17.4 Å². The molecular weight excluding hydrogens is 466 g/mol. The first-order valence-electron chi connectivity index (χ1n) is 11.0. The fraction of sp³-hybridized carbons (Fsp3) is 0.154. The van der Waals surface area contributed by atoms with Crippen molar-refractivity contribution in [1.82, 2.24) is 9.55 Å². The Morgan fingerprint density at radius 2 is 1.60 bits per heavy atom. The molecule has 0 fully saturated rings. The van der Waals surface area contributed by atoms with E-state index in [-0.39, 0.29) is 25.2 Å². The highest BCUT2D eigenvalue weighted by molar-refractivity contribution is 7.99. The van der Waals surface area contributed by atoms with E-state index >= 15 is 0 Å². The largest absolute Gasteiger partial charge is 0.454 e. The van der Waals surface area contributed by atoms with E-state index in [9.17, 15) is 4.79 Å². The fourth-order valence-corrected chi connectivity index (χ4v) is 4.64. The molecule has 0 unspecified atom stereocenters. The number of fused-ring (bicyclic) bond motifs is 2. The molecule has 4 aromatic rings. The quantitative estimate of drug-likeness (QED) is 0.382. The Hall–Kier alpha value is -4.11. The summed E-state index contributed by atoms with van der Waals surface area (Å²) in [5.74, 6) is 2.77. The van der Waals surface area contributed by atoms with Gasteiger partial charge in [0, 0.05) is 29.2 Å². The van der Waals surface area contributed by atoms with Crippen molar-refractivity contribution in [2.45, 2.75) is 12.1 Å². The monoisotopic (exact) mass is 487 g/mol. The summed E-state index contributed by atoms with van der Waals surface area (Å²) in [5, 5.41) is 3.62. The number of carbonyl (C=O) groups is 1. The van der Waals surface area contributed by atoms with Crippen molar-refractivity contribution in [2.75, 3.05) is 24.7 Å². The lowest BCUT2D eigenvalue weighted by Crippen LogP contribution is -2.14. The molecule has 8 nitrogen and oxygen atoms in total. The van der Waals surface area contributed by atoms with Gasteiger partial charge in [0.1, 0.15) is 0 Å². The van der Waals surface area contributed by atoms with Crippen LogP contribution in [-0.2, 0) is 4.79 Å². The zero-order chi connectivity index (χ0) is 23.8. The molecule has 1 N–H and O–H groups in total. The Kier molecular flexibility index (Phi) is 5.46. The molecule has 2 aliphatic rings. The molecular formula is C26H21N3O5S. The third kappa shape index (κ3) is 4.38. The maximum atomic E-state index is 12.7. The SMILES string of the molecule is Cc1ccc(-n2cc(-c3ccc4c(c3)OCO4)nc2SCC(=O)Nc2ccc3c(c2)OCO3)cc1. The number of aryl methyl sites for hydroxylation is 1. The highest BCUT2D eigenvalue weighted by atomic mass is 32.2. The van der Waals surface area contributed by atoms with Gasteiger partial charge in [-0.2, -0.15) is 0 Å². The lowest BCUT2D eigenvalue weighted by molar-refractivity contribution is -0.113. The molecule has 0 saturated heterocycles. The molecule has 9 heteroatoms. The van der Waals surface area contributed by atoms with Crippen molar-refractivity contribution in [3.8, 4) is 39.9 Å². The third-order valence-electron chi connectivity index (χ3n) is 5.64. The number of imidazole rings is 1. The molecule has 35 heavy (non-hydrogen) atoms. The van der Waals surface area contributed by atoms with Gasteiger partial charge in [-0.25, -0.2) is 4.98 Å². The van der Waals surface area contributed by atoms with Crippen LogP contribution in [0.2, 0.25) is 0 Å². The van der Waals surface area contributed by atoms with Crippen LogP contribution in [0.25, 0.3) is 16.9 Å². The highest BCUT2D eigenvalue weighted by Crippen LogP contribution is 2.37. The van der Waals surface area contributed by atoms with Gasteiger partial charge < -0.3 is 24.3 Å². The molecule has 2 aliphatic heterocycles. The molecule has 1 amide bonds. The minimum atomic E-state index is -0.142. The van der Waals surface area contributed by atoms with Crippen LogP contribution in [0.4, 0.5) is 5.69 Å². The van der Waals surface area contributed by atoms with Gasteiger partial charge >= 0.3 is 0 Å². The van der Waals surface area contributed by atoms with E-state index in [1.165, 1.54) is 17.3 Å². The number of hydrogen-bond donors (Lipinski definition) is 1. The number of thioether (sulfide) groups is 1. The maximum absolute atomic E-state index is 12.7. The number of rotatable bonds is 6. The standard InChI is InChI=1S/C26H21N3O5S/c1-16-2-6-19(7-3-16)29-12-20(17-4-8-21-23(10-17)33-14-31-21)28-26(29)35-13-25(30)27-18-5-9-22-24(11-18)34-15-32-22/h2-12H,13-15H2,1H3,(H,27,30). The molecule has 3 aromatic carbocycles. The smallest absolute Gasteiger partial charge is 0.234 e.